The fourth-order valence-corrected chi connectivity index (χ4v) is 2.01. The summed E-state index contributed by atoms with van der Waals surface area (Å²) in [5.74, 6) is 0. The lowest BCUT2D eigenvalue weighted by molar-refractivity contribution is -0.137. The van der Waals surface area contributed by atoms with E-state index in [-0.39, 0.29) is 6.04 Å². The highest BCUT2D eigenvalue weighted by atomic mass is 19.4. The van der Waals surface area contributed by atoms with E-state index in [0.717, 1.165) is 30.7 Å². The summed E-state index contributed by atoms with van der Waals surface area (Å²) in [5.41, 5.74) is 0.766. The Labute approximate surface area is 121 Å². The quantitative estimate of drug-likeness (QED) is 0.916. The van der Waals surface area contributed by atoms with E-state index in [1.165, 1.54) is 12.1 Å². The van der Waals surface area contributed by atoms with Crippen molar-refractivity contribution in [3.63, 3.8) is 0 Å². The molecule has 0 bridgehead atoms. The lowest BCUT2D eigenvalue weighted by atomic mass is 10.0. The average Bonchev–Trinajstić information content (AvgIpc) is 2.48. The Morgan fingerprint density at radius 1 is 1.14 bits per heavy atom. The third-order valence-electron chi connectivity index (χ3n) is 3.05. The Morgan fingerprint density at radius 3 is 2.38 bits per heavy atom. The van der Waals surface area contributed by atoms with Crippen molar-refractivity contribution in [2.75, 3.05) is 6.54 Å². The minimum Gasteiger partial charge on any atom is -0.305 e. The van der Waals surface area contributed by atoms with Gasteiger partial charge in [-0.2, -0.15) is 13.2 Å². The van der Waals surface area contributed by atoms with Crippen molar-refractivity contribution in [1.82, 2.24) is 15.3 Å². The molecule has 21 heavy (non-hydrogen) atoms. The lowest BCUT2D eigenvalue weighted by Gasteiger charge is -2.18. The normalized spacial score (nSPS) is 13.1. The van der Waals surface area contributed by atoms with Crippen LogP contribution in [0.2, 0.25) is 0 Å². The highest BCUT2D eigenvalue weighted by molar-refractivity contribution is 5.31. The third kappa shape index (κ3) is 4.01. The first-order valence-corrected chi connectivity index (χ1v) is 6.69. The van der Waals surface area contributed by atoms with Crippen LogP contribution in [0.1, 0.15) is 36.2 Å². The third-order valence-corrected chi connectivity index (χ3v) is 3.05. The summed E-state index contributed by atoms with van der Waals surface area (Å²) in [6.45, 7) is 2.76. The van der Waals surface area contributed by atoms with E-state index < -0.39 is 11.7 Å². The molecule has 0 fully saturated rings. The fourth-order valence-electron chi connectivity index (χ4n) is 2.01. The van der Waals surface area contributed by atoms with Crippen molar-refractivity contribution >= 4 is 0 Å². The molecule has 1 atom stereocenters. The molecule has 0 saturated carbocycles. The maximum Gasteiger partial charge on any atom is 0.416 e. The average molecular weight is 295 g/mol. The van der Waals surface area contributed by atoms with Crippen molar-refractivity contribution in [1.29, 1.82) is 0 Å². The number of rotatable bonds is 5. The predicted molar refractivity (Wildman–Crippen MR) is 73.6 cm³/mol. The minimum atomic E-state index is -4.32. The number of hydrogen-bond donors (Lipinski definition) is 1. The fraction of sp³-hybridized carbons (Fsp3) is 0.333. The van der Waals surface area contributed by atoms with E-state index in [4.69, 9.17) is 0 Å². The number of aromatic nitrogens is 2. The van der Waals surface area contributed by atoms with Gasteiger partial charge in [-0.15, -0.1) is 0 Å². The molecule has 1 N–H and O–H groups in total. The van der Waals surface area contributed by atoms with Gasteiger partial charge in [-0.05, 0) is 30.7 Å². The first-order valence-electron chi connectivity index (χ1n) is 6.69. The van der Waals surface area contributed by atoms with Gasteiger partial charge in [-0.3, -0.25) is 9.97 Å². The zero-order valence-corrected chi connectivity index (χ0v) is 11.6. The maximum absolute atomic E-state index is 12.6. The molecule has 2 rings (SSSR count). The Morgan fingerprint density at radius 2 is 1.86 bits per heavy atom. The molecule has 0 aliphatic heterocycles. The second-order valence-corrected chi connectivity index (χ2v) is 4.64. The van der Waals surface area contributed by atoms with Gasteiger partial charge >= 0.3 is 6.18 Å². The molecule has 1 unspecified atom stereocenters. The Hall–Kier alpha value is -1.95. The maximum atomic E-state index is 12.6. The number of alkyl halides is 3. The second kappa shape index (κ2) is 6.67. The van der Waals surface area contributed by atoms with E-state index in [9.17, 15) is 13.2 Å². The molecular weight excluding hydrogens is 279 g/mol. The predicted octanol–water partition coefficient (Wildman–Crippen LogP) is 3.58. The molecule has 0 aliphatic rings. The molecule has 1 aromatic carbocycles. The van der Waals surface area contributed by atoms with Crippen LogP contribution >= 0.6 is 0 Å². The van der Waals surface area contributed by atoms with E-state index in [0.29, 0.717) is 5.69 Å². The number of hydrogen-bond acceptors (Lipinski definition) is 3. The van der Waals surface area contributed by atoms with Crippen molar-refractivity contribution in [2.45, 2.75) is 25.6 Å². The topological polar surface area (TPSA) is 37.8 Å². The summed E-state index contributed by atoms with van der Waals surface area (Å²) < 4.78 is 37.8. The Balaban J connectivity index is 2.29. The Kier molecular flexibility index (Phi) is 4.90. The number of nitrogens with one attached hydrogen (secondary N) is 1. The van der Waals surface area contributed by atoms with Crippen LogP contribution in [0, 0.1) is 0 Å². The summed E-state index contributed by atoms with van der Waals surface area (Å²) in [7, 11) is 0. The summed E-state index contributed by atoms with van der Waals surface area (Å²) in [4.78, 5) is 8.25. The molecule has 1 aromatic heterocycles. The van der Waals surface area contributed by atoms with Crippen molar-refractivity contribution in [2.24, 2.45) is 0 Å². The molecule has 0 amide bonds. The highest BCUT2D eigenvalue weighted by Gasteiger charge is 2.30. The highest BCUT2D eigenvalue weighted by Crippen LogP contribution is 2.30. The molecule has 2 aromatic rings. The van der Waals surface area contributed by atoms with Gasteiger partial charge in [-0.1, -0.05) is 19.1 Å². The SMILES string of the molecule is CCCNC(c1ccc(C(F)(F)F)cc1)c1cnccn1. The number of benzene rings is 1. The molecule has 0 radical (unpaired) electrons. The minimum absolute atomic E-state index is 0.263. The van der Waals surface area contributed by atoms with Crippen LogP contribution < -0.4 is 5.32 Å². The van der Waals surface area contributed by atoms with Gasteiger partial charge in [-0.25, -0.2) is 0 Å². The van der Waals surface area contributed by atoms with Crippen LogP contribution in [0.25, 0.3) is 0 Å². The van der Waals surface area contributed by atoms with E-state index >= 15 is 0 Å². The van der Waals surface area contributed by atoms with Crippen LogP contribution in [-0.4, -0.2) is 16.5 Å². The zero-order valence-electron chi connectivity index (χ0n) is 11.6. The van der Waals surface area contributed by atoms with Gasteiger partial charge in [0.25, 0.3) is 0 Å². The van der Waals surface area contributed by atoms with Crippen LogP contribution in [0.5, 0.6) is 0 Å². The molecule has 0 aliphatic carbocycles. The number of nitrogens with zero attached hydrogens (tertiary/aromatic N) is 2. The van der Waals surface area contributed by atoms with Crippen molar-refractivity contribution in [3.8, 4) is 0 Å². The van der Waals surface area contributed by atoms with Crippen molar-refractivity contribution in [3.05, 3.63) is 59.7 Å². The van der Waals surface area contributed by atoms with Crippen molar-refractivity contribution < 1.29 is 13.2 Å². The van der Waals surface area contributed by atoms with E-state index in [1.54, 1.807) is 18.6 Å². The first-order chi connectivity index (χ1) is 10.0. The van der Waals surface area contributed by atoms with Gasteiger partial charge in [0.2, 0.25) is 0 Å². The lowest BCUT2D eigenvalue weighted by Crippen LogP contribution is -2.24. The molecule has 0 spiro atoms. The monoisotopic (exact) mass is 295 g/mol. The molecular formula is C15H16F3N3. The summed E-state index contributed by atoms with van der Waals surface area (Å²) in [5, 5.41) is 3.28. The van der Waals surface area contributed by atoms with E-state index in [2.05, 4.69) is 15.3 Å². The first kappa shape index (κ1) is 15.4. The van der Waals surface area contributed by atoms with Crippen LogP contribution in [0.15, 0.2) is 42.9 Å². The van der Waals surface area contributed by atoms with E-state index in [1.807, 2.05) is 6.92 Å². The molecule has 1 heterocycles. The summed E-state index contributed by atoms with van der Waals surface area (Å²) in [6.07, 6.45) is 1.34. The summed E-state index contributed by atoms with van der Waals surface area (Å²) in [6, 6.07) is 4.87. The zero-order chi connectivity index (χ0) is 15.3. The van der Waals surface area contributed by atoms with Gasteiger partial charge in [0.1, 0.15) is 0 Å². The number of halogens is 3. The molecule has 0 saturated heterocycles. The standard InChI is InChI=1S/C15H16F3N3/c1-2-7-21-14(13-10-19-8-9-20-13)11-3-5-12(6-4-11)15(16,17)18/h3-6,8-10,14,21H,2,7H2,1H3. The van der Waals surface area contributed by atoms with Crippen LogP contribution in [0.3, 0.4) is 0 Å². The second-order valence-electron chi connectivity index (χ2n) is 4.64. The van der Waals surface area contributed by atoms with Crippen LogP contribution in [0.4, 0.5) is 13.2 Å². The van der Waals surface area contributed by atoms with Gasteiger partial charge < -0.3 is 5.32 Å². The largest absolute Gasteiger partial charge is 0.416 e. The van der Waals surface area contributed by atoms with Gasteiger partial charge in [0, 0.05) is 12.4 Å². The molecule has 3 nitrogen and oxygen atoms in total. The molecule has 6 heteroatoms. The van der Waals surface area contributed by atoms with Gasteiger partial charge in [0.15, 0.2) is 0 Å². The summed E-state index contributed by atoms with van der Waals surface area (Å²) >= 11 is 0. The Bertz CT molecular complexity index is 553. The smallest absolute Gasteiger partial charge is 0.305 e. The van der Waals surface area contributed by atoms with Gasteiger partial charge in [0.05, 0.1) is 23.5 Å². The molecule has 112 valence electrons. The van der Waals surface area contributed by atoms with Crippen LogP contribution in [-0.2, 0) is 6.18 Å².